The zero-order chi connectivity index (χ0) is 95.1. The molecule has 0 amide bonds. The Morgan fingerprint density at radius 1 is 0.297 bits per heavy atom. The molecule has 0 saturated carbocycles. The molecule has 4 aliphatic rings. The van der Waals surface area contributed by atoms with Crippen LogP contribution in [0.1, 0.15) is 208 Å². The second-order valence-electron chi connectivity index (χ2n) is 37.7. The highest BCUT2D eigenvalue weighted by Gasteiger charge is 2.38. The third-order valence-corrected chi connectivity index (χ3v) is 26.3. The van der Waals surface area contributed by atoms with Crippen LogP contribution in [0.2, 0.25) is 0 Å². The maximum absolute atomic E-state index is 8.52. The Kier molecular flexibility index (Phi) is 18.6. The van der Waals surface area contributed by atoms with Crippen LogP contribution in [0.5, 0.6) is 0 Å². The van der Waals surface area contributed by atoms with E-state index in [2.05, 4.69) is 243 Å². The number of hydrogen-bond donors (Lipinski definition) is 0. The molecule has 640 valence electrons. The molecule has 0 fully saturated rings. The average Bonchev–Trinajstić information content (AvgIpc) is 1.57. The summed E-state index contributed by atoms with van der Waals surface area (Å²) in [5.41, 5.74) is 40.2. The SMILES string of the molecule is Cc1ccc2c(n1)oc1c(-c3cc(C(C)C)c(C)c[n+]3C)c(C)ccc12.Cc1ccc2c(n1)oc1c3c(ccc12)C[n+]1cc(CC(C)C)c(C)cc1-3.Cc1ccc2c(n1)oc1c3c(ccc12)C[n+]1cc(CC(C)C)c(C)cc1-3.[2H]C([2H])([2H])c1c[n+]2c(cc1C(C)C)-c1c(ccc3c1oc1nc(C)ccc13)C2.[2H]C([2H])([2H])c1c[n+]2c(cc1C([2H])(C)C)-c1c(ccc3c1oc1nc(C)ccc13)C2. The van der Waals surface area contributed by atoms with Gasteiger partial charge < -0.3 is 22.1 Å². The monoisotopic (exact) mass is 1700 g/mol. The van der Waals surface area contributed by atoms with Crippen molar-refractivity contribution in [1.29, 1.82) is 0 Å². The minimum Gasteiger partial charge on any atom is -0.437 e. The van der Waals surface area contributed by atoms with Crippen LogP contribution in [0.3, 0.4) is 0 Å². The number of furan rings is 5. The van der Waals surface area contributed by atoms with Crippen molar-refractivity contribution in [2.75, 3.05) is 0 Å². The van der Waals surface area contributed by atoms with Crippen molar-refractivity contribution in [1.82, 2.24) is 24.9 Å². The number of aromatic nitrogens is 10. The minimum absolute atomic E-state index is 0.115. The zero-order valence-electron chi connectivity index (χ0n) is 83.9. The molecule has 0 radical (unpaired) electrons. The zero-order valence-corrected chi connectivity index (χ0v) is 76.9. The molecule has 0 bridgehead atoms. The van der Waals surface area contributed by atoms with Crippen LogP contribution < -0.4 is 22.8 Å². The summed E-state index contributed by atoms with van der Waals surface area (Å²) in [5, 5.41) is 10.7. The van der Waals surface area contributed by atoms with E-state index in [1.807, 2.05) is 100 Å². The maximum Gasteiger partial charge on any atom is 0.227 e. The van der Waals surface area contributed by atoms with Gasteiger partial charge in [-0.25, -0.2) is 29.5 Å². The van der Waals surface area contributed by atoms with Gasteiger partial charge in [0.15, 0.2) is 85.1 Å². The van der Waals surface area contributed by atoms with E-state index in [0.717, 1.165) is 192 Å². The van der Waals surface area contributed by atoms with Gasteiger partial charge >= 0.3 is 0 Å². The van der Waals surface area contributed by atoms with E-state index in [1.165, 1.54) is 78.3 Å². The summed E-state index contributed by atoms with van der Waals surface area (Å²) >= 11 is 0. The Bertz CT molecular complexity index is 8170. The lowest BCUT2D eigenvalue weighted by Gasteiger charge is -2.12. The summed E-state index contributed by atoms with van der Waals surface area (Å²) in [6.45, 7) is 38.4. The lowest BCUT2D eigenvalue weighted by atomic mass is 9.94. The van der Waals surface area contributed by atoms with Crippen molar-refractivity contribution in [3.63, 3.8) is 0 Å². The van der Waals surface area contributed by atoms with E-state index in [0.29, 0.717) is 59.1 Å². The highest BCUT2D eigenvalue weighted by Crippen LogP contribution is 2.46. The number of aryl methyl sites for hydroxylation is 12. The molecule has 4 aliphatic heterocycles. The van der Waals surface area contributed by atoms with Crippen LogP contribution >= 0.6 is 0 Å². The number of benzene rings is 5. The lowest BCUT2D eigenvalue weighted by Crippen LogP contribution is -2.33. The van der Waals surface area contributed by atoms with Gasteiger partial charge in [0.25, 0.3) is 0 Å². The molecule has 0 aliphatic carbocycles. The molecular formula is C113H113N10O5+5. The fraction of sp³-hybridized carbons (Fsp3) is 0.292. The van der Waals surface area contributed by atoms with Gasteiger partial charge in [-0.1, -0.05) is 106 Å². The number of hydrogen-bond acceptors (Lipinski definition) is 10. The predicted molar refractivity (Wildman–Crippen MR) is 515 cm³/mol. The topological polar surface area (TPSA) is 150 Å². The number of pyridine rings is 10. The predicted octanol–water partition coefficient (Wildman–Crippen LogP) is 25.8. The Morgan fingerprint density at radius 2 is 0.578 bits per heavy atom. The first-order valence-corrected chi connectivity index (χ1v) is 45.0. The van der Waals surface area contributed by atoms with Crippen LogP contribution in [-0.4, -0.2) is 24.9 Å². The van der Waals surface area contributed by atoms with Gasteiger partial charge in [-0.3, -0.25) is 0 Å². The molecule has 0 saturated heterocycles. The van der Waals surface area contributed by atoms with E-state index >= 15 is 0 Å². The second kappa shape index (κ2) is 31.9. The first-order valence-electron chi connectivity index (χ1n) is 48.5. The molecule has 0 unspecified atom stereocenters. The summed E-state index contributed by atoms with van der Waals surface area (Å²) in [6.07, 6.45) is 12.6. The van der Waals surface area contributed by atoms with Crippen LogP contribution in [0, 0.1) is 87.9 Å². The minimum atomic E-state index is -2.28. The molecule has 15 nitrogen and oxygen atoms in total. The van der Waals surface area contributed by atoms with Gasteiger partial charge in [0, 0.05) is 172 Å². The van der Waals surface area contributed by atoms with Gasteiger partial charge in [-0.2, -0.15) is 18.3 Å². The van der Waals surface area contributed by atoms with Crippen molar-refractivity contribution in [2.45, 2.75) is 202 Å². The van der Waals surface area contributed by atoms with Gasteiger partial charge in [0.1, 0.15) is 7.05 Å². The third kappa shape index (κ3) is 14.4. The summed E-state index contributed by atoms with van der Waals surface area (Å²) in [7, 11) is 2.11. The molecule has 19 heterocycles. The van der Waals surface area contributed by atoms with E-state index in [-0.39, 0.29) is 11.5 Å². The standard InChI is InChI=1S/2C23H23N2O.C23H25N2O.2C22H21N2O/c2*1-13(2)9-17-12-25-11-16-6-8-18-19-7-5-15(4)24-23(19)26-22(18)21(16)20(25)10-14(17)3;1-13(2)19-11-20(25(6)12-15(19)4)21-14(3)7-9-17-18-10-8-16(5)24-23(18)26-22(17)21;2*1-12(2)18-9-19-20-15(11-24(19)10-13(18)3)6-8-16-17-7-5-14(4)23-22(17)25-21(16)20/h2*5-8,10,12-13H,9,11H2,1-4H3;7-13H,1-6H3;2*5-10,12H,11H2,1-4H3/q5*+1/i;;;3D3,12D;3D3. The van der Waals surface area contributed by atoms with E-state index in [9.17, 15) is 0 Å². The molecule has 0 spiro atoms. The van der Waals surface area contributed by atoms with Crippen molar-refractivity contribution >= 4 is 110 Å². The van der Waals surface area contributed by atoms with Crippen LogP contribution in [0.25, 0.3) is 167 Å². The Labute approximate surface area is 757 Å². The Morgan fingerprint density at radius 3 is 0.898 bits per heavy atom. The molecular weight excluding hydrogens is 1580 g/mol. The van der Waals surface area contributed by atoms with Gasteiger partial charge in [-0.05, 0) is 237 Å². The van der Waals surface area contributed by atoms with Crippen molar-refractivity contribution in [3.05, 3.63) is 295 Å². The summed E-state index contributed by atoms with van der Waals surface area (Å²) in [6, 6.07) is 52.9. The Balaban J connectivity index is 0.000000105. The summed E-state index contributed by atoms with van der Waals surface area (Å²) < 4.78 is 98.3. The molecule has 15 aromatic heterocycles. The summed E-state index contributed by atoms with van der Waals surface area (Å²) in [4.78, 5) is 22.8. The smallest absolute Gasteiger partial charge is 0.227 e. The third-order valence-electron chi connectivity index (χ3n) is 26.3. The fourth-order valence-electron chi connectivity index (χ4n) is 20.0. The van der Waals surface area contributed by atoms with Gasteiger partial charge in [0.05, 0.1) is 27.8 Å². The molecule has 0 N–H and O–H groups in total. The molecule has 20 aromatic rings. The molecule has 0 atom stereocenters. The number of rotatable bonds is 8. The maximum atomic E-state index is 8.52. The van der Waals surface area contributed by atoms with Gasteiger partial charge in [-0.15, -0.1) is 0 Å². The van der Waals surface area contributed by atoms with Crippen LogP contribution in [-0.2, 0) is 46.1 Å². The highest BCUT2D eigenvalue weighted by molar-refractivity contribution is 6.13. The quantitative estimate of drug-likeness (QED) is 0.135. The summed E-state index contributed by atoms with van der Waals surface area (Å²) in [5.74, 6) is 0.877. The second-order valence-corrected chi connectivity index (χ2v) is 37.7. The van der Waals surface area contributed by atoms with E-state index in [4.69, 9.17) is 31.7 Å². The molecule has 5 aromatic carbocycles. The lowest BCUT2D eigenvalue weighted by molar-refractivity contribution is -0.672. The van der Waals surface area contributed by atoms with Crippen molar-refractivity contribution < 1.29 is 54.5 Å². The first-order chi connectivity index (χ1) is 64.2. The van der Waals surface area contributed by atoms with Gasteiger partial charge in [0.2, 0.25) is 57.0 Å². The normalized spacial score (nSPS) is 13.8. The largest absolute Gasteiger partial charge is 0.437 e. The number of nitrogens with zero attached hydrogens (tertiary/aromatic N) is 10. The fourth-order valence-corrected chi connectivity index (χ4v) is 20.0. The van der Waals surface area contributed by atoms with Crippen LogP contribution in [0.4, 0.5) is 0 Å². The Hall–Kier alpha value is -13.4. The number of fused-ring (bicyclic) bond motifs is 31. The van der Waals surface area contributed by atoms with E-state index < -0.39 is 19.6 Å². The average molecular weight is 1700 g/mol. The van der Waals surface area contributed by atoms with Crippen molar-refractivity contribution in [3.8, 4) is 56.3 Å². The molecule has 15 heteroatoms. The van der Waals surface area contributed by atoms with Crippen molar-refractivity contribution in [2.24, 2.45) is 18.9 Å². The van der Waals surface area contributed by atoms with E-state index in [1.54, 1.807) is 26.2 Å². The van der Waals surface area contributed by atoms with Crippen LogP contribution in [0.15, 0.2) is 205 Å². The first kappa shape index (κ1) is 74.8. The molecule has 24 rings (SSSR count). The molecule has 128 heavy (non-hydrogen) atoms. The highest BCUT2D eigenvalue weighted by atomic mass is 16.4.